The zero-order valence-electron chi connectivity index (χ0n) is 14.4. The van der Waals surface area contributed by atoms with Crippen LogP contribution in [0.3, 0.4) is 0 Å². The summed E-state index contributed by atoms with van der Waals surface area (Å²) in [6, 6.07) is 0.325. The Labute approximate surface area is 147 Å². The van der Waals surface area contributed by atoms with Gasteiger partial charge in [0.05, 0.1) is 31.1 Å². The van der Waals surface area contributed by atoms with Crippen LogP contribution in [-0.2, 0) is 24.4 Å². The van der Waals surface area contributed by atoms with E-state index in [1.165, 1.54) is 36.4 Å². The number of aromatic nitrogens is 3. The predicted molar refractivity (Wildman–Crippen MR) is 94.8 cm³/mol. The van der Waals surface area contributed by atoms with E-state index in [-0.39, 0.29) is 0 Å². The SMILES string of the molecule is C[C@H]1c2ncc(COCC3CCCC3)n2CCN1Cc1nccs1. The summed E-state index contributed by atoms with van der Waals surface area (Å²) in [5.74, 6) is 1.94. The van der Waals surface area contributed by atoms with E-state index in [0.29, 0.717) is 12.6 Å². The molecule has 0 unspecified atom stereocenters. The maximum atomic E-state index is 5.99. The molecule has 1 atom stereocenters. The molecule has 6 heteroatoms. The van der Waals surface area contributed by atoms with Crippen molar-refractivity contribution in [1.82, 2.24) is 19.4 Å². The Balaban J connectivity index is 1.36. The van der Waals surface area contributed by atoms with Crippen molar-refractivity contribution in [3.05, 3.63) is 34.3 Å². The highest BCUT2D eigenvalue weighted by atomic mass is 32.1. The molecule has 3 heterocycles. The van der Waals surface area contributed by atoms with Crippen LogP contribution in [-0.4, -0.2) is 32.6 Å². The van der Waals surface area contributed by atoms with Crippen LogP contribution in [0.25, 0.3) is 0 Å². The summed E-state index contributed by atoms with van der Waals surface area (Å²) in [6.45, 7) is 6.80. The average Bonchev–Trinajstić information content (AvgIpc) is 3.33. The highest BCUT2D eigenvalue weighted by Gasteiger charge is 2.27. The normalized spacial score (nSPS) is 22.1. The van der Waals surface area contributed by atoms with Crippen molar-refractivity contribution < 1.29 is 4.74 Å². The van der Waals surface area contributed by atoms with Crippen molar-refractivity contribution in [3.8, 4) is 0 Å². The van der Waals surface area contributed by atoms with Crippen LogP contribution in [0, 0.1) is 5.92 Å². The fourth-order valence-electron chi connectivity index (χ4n) is 3.95. The third-order valence-corrected chi connectivity index (χ3v) is 6.17. The zero-order valence-corrected chi connectivity index (χ0v) is 15.2. The Morgan fingerprint density at radius 1 is 1.25 bits per heavy atom. The van der Waals surface area contributed by atoms with E-state index in [1.807, 2.05) is 17.8 Å². The van der Waals surface area contributed by atoms with E-state index in [2.05, 4.69) is 21.4 Å². The summed E-state index contributed by atoms with van der Waals surface area (Å²) in [5.41, 5.74) is 1.23. The summed E-state index contributed by atoms with van der Waals surface area (Å²) < 4.78 is 8.35. The van der Waals surface area contributed by atoms with E-state index in [4.69, 9.17) is 9.72 Å². The zero-order chi connectivity index (χ0) is 16.4. The molecule has 1 aliphatic heterocycles. The van der Waals surface area contributed by atoms with E-state index in [9.17, 15) is 0 Å². The van der Waals surface area contributed by atoms with Crippen LogP contribution in [0.15, 0.2) is 17.8 Å². The van der Waals surface area contributed by atoms with Crippen LogP contribution in [0.4, 0.5) is 0 Å². The number of imidazole rings is 1. The monoisotopic (exact) mass is 346 g/mol. The molecule has 24 heavy (non-hydrogen) atoms. The Morgan fingerprint density at radius 3 is 2.92 bits per heavy atom. The molecule has 0 radical (unpaired) electrons. The lowest BCUT2D eigenvalue weighted by atomic mass is 10.1. The number of hydrogen-bond donors (Lipinski definition) is 0. The predicted octanol–water partition coefficient (Wildman–Crippen LogP) is 3.62. The summed E-state index contributed by atoms with van der Waals surface area (Å²) in [7, 11) is 0. The minimum Gasteiger partial charge on any atom is -0.375 e. The molecular weight excluding hydrogens is 320 g/mol. The second-order valence-corrected chi connectivity index (χ2v) is 7.98. The fraction of sp³-hybridized carbons (Fsp3) is 0.667. The molecule has 1 fully saturated rings. The lowest BCUT2D eigenvalue weighted by Gasteiger charge is -2.33. The lowest BCUT2D eigenvalue weighted by molar-refractivity contribution is 0.0815. The molecule has 1 aliphatic carbocycles. The van der Waals surface area contributed by atoms with E-state index >= 15 is 0 Å². The molecule has 0 aromatic carbocycles. The van der Waals surface area contributed by atoms with Crippen LogP contribution < -0.4 is 0 Å². The van der Waals surface area contributed by atoms with Gasteiger partial charge in [-0.05, 0) is 25.7 Å². The molecule has 4 rings (SSSR count). The largest absolute Gasteiger partial charge is 0.375 e. The molecule has 2 aromatic heterocycles. The number of fused-ring (bicyclic) bond motifs is 1. The number of hydrogen-bond acceptors (Lipinski definition) is 5. The third kappa shape index (κ3) is 3.41. The van der Waals surface area contributed by atoms with Gasteiger partial charge in [-0.15, -0.1) is 11.3 Å². The summed E-state index contributed by atoms with van der Waals surface area (Å²) in [4.78, 5) is 11.6. The standard InChI is InChI=1S/C18H26N4OS/c1-14-18-20-10-16(13-23-12-15-4-2-3-5-15)22(18)8-7-21(14)11-17-19-6-9-24-17/h6,9-10,14-15H,2-5,7-8,11-13H2,1H3/t14-/m0/s1. The fourth-order valence-corrected chi connectivity index (χ4v) is 4.59. The molecule has 2 aliphatic rings. The van der Waals surface area contributed by atoms with Crippen LogP contribution in [0.2, 0.25) is 0 Å². The van der Waals surface area contributed by atoms with Gasteiger partial charge >= 0.3 is 0 Å². The van der Waals surface area contributed by atoms with Crippen molar-refractivity contribution in [1.29, 1.82) is 0 Å². The number of rotatable bonds is 6. The van der Waals surface area contributed by atoms with Crippen molar-refractivity contribution in [2.75, 3.05) is 13.2 Å². The van der Waals surface area contributed by atoms with Crippen LogP contribution >= 0.6 is 11.3 Å². The highest BCUT2D eigenvalue weighted by Crippen LogP contribution is 2.28. The van der Waals surface area contributed by atoms with Gasteiger partial charge in [0.15, 0.2) is 0 Å². The van der Waals surface area contributed by atoms with Gasteiger partial charge in [-0.2, -0.15) is 0 Å². The van der Waals surface area contributed by atoms with Crippen LogP contribution in [0.5, 0.6) is 0 Å². The van der Waals surface area contributed by atoms with Gasteiger partial charge in [0, 0.05) is 31.3 Å². The molecule has 130 valence electrons. The van der Waals surface area contributed by atoms with Crippen molar-refractivity contribution in [2.24, 2.45) is 5.92 Å². The maximum Gasteiger partial charge on any atom is 0.126 e. The Kier molecular flexibility index (Phi) is 4.96. The van der Waals surface area contributed by atoms with Gasteiger partial charge in [-0.3, -0.25) is 4.90 Å². The van der Waals surface area contributed by atoms with Gasteiger partial charge in [-0.1, -0.05) is 12.8 Å². The summed E-state index contributed by atoms with van der Waals surface area (Å²) >= 11 is 1.73. The lowest BCUT2D eigenvalue weighted by Crippen LogP contribution is -2.37. The van der Waals surface area contributed by atoms with E-state index in [0.717, 1.165) is 38.0 Å². The summed E-state index contributed by atoms with van der Waals surface area (Å²) in [5, 5.41) is 3.23. The number of nitrogens with zero attached hydrogens (tertiary/aromatic N) is 4. The minimum absolute atomic E-state index is 0.325. The molecule has 0 amide bonds. The Hall–Kier alpha value is -1.24. The third-order valence-electron chi connectivity index (χ3n) is 5.40. The molecule has 0 N–H and O–H groups in total. The topological polar surface area (TPSA) is 43.2 Å². The molecule has 2 aromatic rings. The van der Waals surface area contributed by atoms with Crippen molar-refractivity contribution in [3.63, 3.8) is 0 Å². The van der Waals surface area contributed by atoms with Gasteiger partial charge in [0.1, 0.15) is 10.8 Å². The van der Waals surface area contributed by atoms with Gasteiger partial charge in [0.2, 0.25) is 0 Å². The number of thiazole rings is 1. The second kappa shape index (κ2) is 7.33. The molecule has 0 spiro atoms. The summed E-state index contributed by atoms with van der Waals surface area (Å²) in [6.07, 6.45) is 9.33. The molecule has 1 saturated carbocycles. The molecular formula is C18H26N4OS. The first-order chi connectivity index (χ1) is 11.8. The first-order valence-corrected chi connectivity index (χ1v) is 9.93. The molecule has 0 saturated heterocycles. The molecule has 0 bridgehead atoms. The van der Waals surface area contributed by atoms with Gasteiger partial charge in [-0.25, -0.2) is 9.97 Å². The quantitative estimate of drug-likeness (QED) is 0.801. The minimum atomic E-state index is 0.325. The van der Waals surface area contributed by atoms with Crippen LogP contribution in [0.1, 0.15) is 55.2 Å². The van der Waals surface area contributed by atoms with Gasteiger partial charge in [0.25, 0.3) is 0 Å². The Bertz CT molecular complexity index is 648. The highest BCUT2D eigenvalue weighted by molar-refractivity contribution is 7.09. The average molecular weight is 346 g/mol. The van der Waals surface area contributed by atoms with E-state index < -0.39 is 0 Å². The first-order valence-electron chi connectivity index (χ1n) is 9.05. The smallest absolute Gasteiger partial charge is 0.126 e. The van der Waals surface area contributed by atoms with Gasteiger partial charge < -0.3 is 9.30 Å². The van der Waals surface area contributed by atoms with Crippen molar-refractivity contribution >= 4 is 11.3 Å². The van der Waals surface area contributed by atoms with E-state index in [1.54, 1.807) is 11.3 Å². The Morgan fingerprint density at radius 2 is 2.12 bits per heavy atom. The maximum absolute atomic E-state index is 5.99. The molecule has 5 nitrogen and oxygen atoms in total. The first kappa shape index (κ1) is 16.2. The second-order valence-electron chi connectivity index (χ2n) is 7.00. The number of ether oxygens (including phenoxy) is 1. The van der Waals surface area contributed by atoms with Crippen molar-refractivity contribution in [2.45, 2.75) is 58.3 Å².